The maximum absolute atomic E-state index is 14.3. The molecule has 1 saturated carbocycles. The number of pyridine rings is 1. The van der Waals surface area contributed by atoms with Gasteiger partial charge in [0.2, 0.25) is 5.88 Å². The number of aromatic hydroxyl groups is 1. The Morgan fingerprint density at radius 1 is 1.04 bits per heavy atom. The molecule has 3 heterocycles. The molecule has 6 rings (SSSR count). The first-order valence-electron chi connectivity index (χ1n) is 15.4. The second-order valence-corrected chi connectivity index (χ2v) is 12.5. The number of morpholine rings is 1. The zero-order chi connectivity index (χ0) is 32.0. The predicted molar refractivity (Wildman–Crippen MR) is 172 cm³/mol. The number of nitrogens with zero attached hydrogens (tertiary/aromatic N) is 3. The Morgan fingerprint density at radius 3 is 2.50 bits per heavy atom. The van der Waals surface area contributed by atoms with Crippen LogP contribution in [0.1, 0.15) is 57.1 Å². The van der Waals surface area contributed by atoms with Gasteiger partial charge in [0.05, 0.1) is 19.4 Å². The Labute approximate surface area is 270 Å². The Bertz CT molecular complexity index is 1700. The first kappa shape index (κ1) is 31.6. The summed E-state index contributed by atoms with van der Waals surface area (Å²) in [5.74, 6) is -0.685. The average Bonchev–Trinajstić information content (AvgIpc) is 3.50. The maximum Gasteiger partial charge on any atom is 0.280 e. The Morgan fingerprint density at radius 2 is 1.78 bits per heavy atom. The van der Waals surface area contributed by atoms with Crippen molar-refractivity contribution < 1.29 is 28.6 Å². The Kier molecular flexibility index (Phi) is 9.86. The van der Waals surface area contributed by atoms with Gasteiger partial charge in [-0.25, -0.2) is 14.4 Å². The third-order valence-electron chi connectivity index (χ3n) is 8.22. The van der Waals surface area contributed by atoms with Crippen LogP contribution in [-0.2, 0) is 11.3 Å². The van der Waals surface area contributed by atoms with Crippen LogP contribution in [0.25, 0.3) is 11.1 Å². The van der Waals surface area contributed by atoms with E-state index in [4.69, 9.17) is 9.47 Å². The van der Waals surface area contributed by atoms with E-state index >= 15 is 0 Å². The first-order valence-corrected chi connectivity index (χ1v) is 16.3. The van der Waals surface area contributed by atoms with Crippen LogP contribution in [-0.4, -0.2) is 70.2 Å². The Balaban J connectivity index is 1.12. The van der Waals surface area contributed by atoms with E-state index in [0.717, 1.165) is 47.7 Å². The molecule has 1 saturated heterocycles. The highest BCUT2D eigenvalue weighted by Crippen LogP contribution is 2.33. The fraction of sp³-hybridized carbons (Fsp3) is 0.353. The SMILES string of the molecule is Cc1csc(C(=O)N[C@H]2CC[C@H](NC(=O)c3cc(F)cnc3Oc3cccc(-c4ccc(O)cc4CN4CCOCC4)c3)CC2)n1. The van der Waals surface area contributed by atoms with Crippen molar-refractivity contribution in [3.8, 4) is 28.5 Å². The van der Waals surface area contributed by atoms with Gasteiger partial charge in [0, 0.05) is 42.8 Å². The summed E-state index contributed by atoms with van der Waals surface area (Å²) >= 11 is 1.32. The summed E-state index contributed by atoms with van der Waals surface area (Å²) in [6.07, 6.45) is 3.74. The molecule has 0 unspecified atom stereocenters. The zero-order valence-electron chi connectivity index (χ0n) is 25.5. The van der Waals surface area contributed by atoms with Gasteiger partial charge in [0.1, 0.15) is 22.9 Å². The highest BCUT2D eigenvalue weighted by molar-refractivity contribution is 7.11. The molecule has 0 radical (unpaired) electrons. The smallest absolute Gasteiger partial charge is 0.280 e. The number of benzene rings is 2. The lowest BCUT2D eigenvalue weighted by atomic mass is 9.91. The van der Waals surface area contributed by atoms with Gasteiger partial charge in [-0.15, -0.1) is 11.3 Å². The molecule has 2 fully saturated rings. The van der Waals surface area contributed by atoms with E-state index in [9.17, 15) is 19.1 Å². The van der Waals surface area contributed by atoms with Crippen molar-refractivity contribution in [3.63, 3.8) is 0 Å². The molecule has 0 bridgehead atoms. The van der Waals surface area contributed by atoms with Crippen LogP contribution in [0, 0.1) is 12.7 Å². The molecule has 10 nitrogen and oxygen atoms in total. The van der Waals surface area contributed by atoms with Crippen LogP contribution in [0.5, 0.6) is 17.4 Å². The molecule has 1 aliphatic carbocycles. The summed E-state index contributed by atoms with van der Waals surface area (Å²) in [5.41, 5.74) is 3.58. The number of rotatable bonds is 9. The number of ether oxygens (including phenoxy) is 2. The van der Waals surface area contributed by atoms with Crippen LogP contribution in [0.4, 0.5) is 4.39 Å². The summed E-state index contributed by atoms with van der Waals surface area (Å²) in [6, 6.07) is 13.7. The number of amides is 2. The van der Waals surface area contributed by atoms with Crippen molar-refractivity contribution in [2.24, 2.45) is 0 Å². The predicted octanol–water partition coefficient (Wildman–Crippen LogP) is 5.45. The van der Waals surface area contributed by atoms with E-state index in [2.05, 4.69) is 25.5 Å². The Hall–Kier alpha value is -4.39. The lowest BCUT2D eigenvalue weighted by molar-refractivity contribution is 0.0342. The highest BCUT2D eigenvalue weighted by atomic mass is 32.1. The number of carbonyl (C=O) groups is 2. The van der Waals surface area contributed by atoms with Crippen molar-refractivity contribution in [1.82, 2.24) is 25.5 Å². The number of hydrogen-bond donors (Lipinski definition) is 3. The number of aromatic nitrogens is 2. The molecule has 0 spiro atoms. The normalized spacial score (nSPS) is 18.6. The van der Waals surface area contributed by atoms with Crippen molar-refractivity contribution in [2.75, 3.05) is 26.3 Å². The van der Waals surface area contributed by atoms with Crippen LogP contribution in [0.15, 0.2) is 60.1 Å². The minimum Gasteiger partial charge on any atom is -0.508 e. The molecule has 2 aromatic carbocycles. The standard InChI is InChI=1S/C34H36FN5O5S/c1-21-20-46-34(37-21)32(43)39-26-7-5-25(6-8-26)38-31(42)30-17-24(35)18-36-33(30)45-28-4-2-3-22(16-28)29-10-9-27(41)15-23(29)19-40-11-13-44-14-12-40/h2-4,9-10,15-18,20,25-26,41H,5-8,11-14,19H2,1H3,(H,38,42)(H,39,43)/t25-,26-. The van der Waals surface area contributed by atoms with Crippen molar-refractivity contribution in [1.29, 1.82) is 0 Å². The largest absolute Gasteiger partial charge is 0.508 e. The summed E-state index contributed by atoms with van der Waals surface area (Å²) in [4.78, 5) is 36.5. The second kappa shape index (κ2) is 14.4. The molecule has 3 N–H and O–H groups in total. The van der Waals surface area contributed by atoms with E-state index in [1.54, 1.807) is 18.2 Å². The van der Waals surface area contributed by atoms with Crippen molar-refractivity contribution in [3.05, 3.63) is 87.8 Å². The van der Waals surface area contributed by atoms with E-state index in [-0.39, 0.29) is 35.2 Å². The van der Waals surface area contributed by atoms with Crippen LogP contribution < -0.4 is 15.4 Å². The number of carbonyl (C=O) groups excluding carboxylic acids is 2. The van der Waals surface area contributed by atoms with E-state index in [1.807, 2.05) is 36.6 Å². The molecule has 12 heteroatoms. The lowest BCUT2D eigenvalue weighted by Gasteiger charge is -2.29. The molecule has 2 amide bonds. The molecule has 240 valence electrons. The molecule has 4 aromatic rings. The minimum atomic E-state index is -0.646. The van der Waals surface area contributed by atoms with Gasteiger partial charge in [-0.3, -0.25) is 14.5 Å². The summed E-state index contributed by atoms with van der Waals surface area (Å²) in [5, 5.41) is 18.5. The van der Waals surface area contributed by atoms with Gasteiger partial charge >= 0.3 is 0 Å². The second-order valence-electron chi connectivity index (χ2n) is 11.7. The van der Waals surface area contributed by atoms with Crippen LogP contribution in [0.3, 0.4) is 0 Å². The van der Waals surface area contributed by atoms with Gasteiger partial charge < -0.3 is 25.2 Å². The number of nitrogens with one attached hydrogen (secondary N) is 2. The van der Waals surface area contributed by atoms with Gasteiger partial charge in [-0.2, -0.15) is 0 Å². The number of phenolic OH excluding ortho intramolecular Hbond substituents is 1. The fourth-order valence-corrected chi connectivity index (χ4v) is 6.55. The van der Waals surface area contributed by atoms with Gasteiger partial charge in [0.15, 0.2) is 5.01 Å². The quantitative estimate of drug-likeness (QED) is 0.219. The van der Waals surface area contributed by atoms with Gasteiger partial charge in [-0.05, 0) is 79.6 Å². The molecular weight excluding hydrogens is 609 g/mol. The summed E-state index contributed by atoms with van der Waals surface area (Å²) in [7, 11) is 0. The fourth-order valence-electron chi connectivity index (χ4n) is 5.85. The van der Waals surface area contributed by atoms with E-state index < -0.39 is 11.7 Å². The number of phenols is 1. The molecule has 2 aliphatic rings. The number of hydrogen-bond acceptors (Lipinski definition) is 9. The molecular formula is C34H36FN5O5S. The third kappa shape index (κ3) is 7.87. The van der Waals surface area contributed by atoms with Crippen molar-refractivity contribution in [2.45, 2.75) is 51.2 Å². The van der Waals surface area contributed by atoms with E-state index in [0.29, 0.717) is 56.2 Å². The number of thiazole rings is 1. The monoisotopic (exact) mass is 645 g/mol. The van der Waals surface area contributed by atoms with Gasteiger partial charge in [-0.1, -0.05) is 18.2 Å². The first-order chi connectivity index (χ1) is 22.3. The lowest BCUT2D eigenvalue weighted by Crippen LogP contribution is -2.43. The molecule has 1 aliphatic heterocycles. The maximum atomic E-state index is 14.3. The highest BCUT2D eigenvalue weighted by Gasteiger charge is 2.26. The van der Waals surface area contributed by atoms with Crippen LogP contribution in [0.2, 0.25) is 0 Å². The molecule has 2 aromatic heterocycles. The van der Waals surface area contributed by atoms with Crippen molar-refractivity contribution >= 4 is 23.2 Å². The zero-order valence-corrected chi connectivity index (χ0v) is 26.3. The number of halogens is 1. The average molecular weight is 646 g/mol. The topological polar surface area (TPSA) is 126 Å². The molecule has 46 heavy (non-hydrogen) atoms. The van der Waals surface area contributed by atoms with Gasteiger partial charge in [0.25, 0.3) is 11.8 Å². The summed E-state index contributed by atoms with van der Waals surface area (Å²) in [6.45, 7) is 5.47. The molecule has 0 atom stereocenters. The summed E-state index contributed by atoms with van der Waals surface area (Å²) < 4.78 is 25.9. The third-order valence-corrected chi connectivity index (χ3v) is 9.18. The van der Waals surface area contributed by atoms with E-state index in [1.165, 1.54) is 11.3 Å². The minimum absolute atomic E-state index is 0.00221. The number of aryl methyl sites for hydroxylation is 1. The van der Waals surface area contributed by atoms with Crippen LogP contribution >= 0.6 is 11.3 Å².